The number of rotatable bonds is 4. The van der Waals surface area contributed by atoms with Gasteiger partial charge in [0.25, 0.3) is 0 Å². The number of halogens is 3. The maximum absolute atomic E-state index is 14.1. The number of piperazine rings is 1. The van der Waals surface area contributed by atoms with Crippen molar-refractivity contribution in [2.45, 2.75) is 45.6 Å². The molecule has 0 N–H and O–H groups in total. The number of benzene rings is 1. The number of carbonyl (C=O) groups excluding carboxylic acids is 2. The van der Waals surface area contributed by atoms with Crippen molar-refractivity contribution in [1.29, 1.82) is 0 Å². The molecule has 4 saturated heterocycles. The first kappa shape index (κ1) is 30.8. The van der Waals surface area contributed by atoms with Crippen LogP contribution in [0.25, 0.3) is 0 Å². The normalized spacial score (nSPS) is 25.5. The fraction of sp³-hybridized carbons (Fsp3) is 0.621. The van der Waals surface area contributed by atoms with E-state index in [0.29, 0.717) is 49.5 Å². The van der Waals surface area contributed by atoms with Gasteiger partial charge < -0.3 is 19.5 Å². The summed E-state index contributed by atoms with van der Waals surface area (Å²) in [6.45, 7) is 6.01. The van der Waals surface area contributed by atoms with Crippen LogP contribution < -0.4 is 9.80 Å². The lowest BCUT2D eigenvalue weighted by molar-refractivity contribution is -0.138. The predicted molar refractivity (Wildman–Crippen MR) is 153 cm³/mol. The Kier molecular flexibility index (Phi) is 9.03. The number of likely N-dealkylation sites (N-methyl/N-ethyl adjacent to an activating group) is 1. The molecule has 1 aromatic carbocycles. The summed E-state index contributed by atoms with van der Waals surface area (Å²) in [6.07, 6.45) is 0.755. The van der Waals surface area contributed by atoms with Crippen LogP contribution in [0.5, 0.6) is 0 Å². The topological polar surface area (TPSA) is 68.2 Å². The van der Waals surface area contributed by atoms with E-state index in [2.05, 4.69) is 26.8 Å². The lowest BCUT2D eigenvalue weighted by Gasteiger charge is -2.34. The second kappa shape index (κ2) is 12.0. The number of alkyl halides is 3. The molecular formula is C29H42F3N7O2. The lowest BCUT2D eigenvalue weighted by atomic mass is 10.0. The molecule has 12 heteroatoms. The van der Waals surface area contributed by atoms with Gasteiger partial charge in [-0.2, -0.15) is 23.0 Å². The number of aromatic nitrogens is 2. The monoisotopic (exact) mass is 577 g/mol. The van der Waals surface area contributed by atoms with Gasteiger partial charge in [0.15, 0.2) is 0 Å². The first-order chi connectivity index (χ1) is 19.0. The third-order valence-corrected chi connectivity index (χ3v) is 8.75. The summed E-state index contributed by atoms with van der Waals surface area (Å²) >= 11 is 0. The summed E-state index contributed by atoms with van der Waals surface area (Å²) in [5.74, 6) is 0.525. The van der Waals surface area contributed by atoms with E-state index in [1.165, 1.54) is 17.7 Å². The van der Waals surface area contributed by atoms with Crippen molar-refractivity contribution in [3.63, 3.8) is 0 Å². The van der Waals surface area contributed by atoms with Gasteiger partial charge in [-0.05, 0) is 49.9 Å². The highest BCUT2D eigenvalue weighted by atomic mass is 19.4. The van der Waals surface area contributed by atoms with Gasteiger partial charge >= 0.3 is 12.2 Å². The Hall–Kier alpha value is -3.12. The zero-order chi connectivity index (χ0) is 28.8. The van der Waals surface area contributed by atoms with E-state index < -0.39 is 11.7 Å². The van der Waals surface area contributed by atoms with Crippen molar-refractivity contribution in [2.24, 2.45) is 11.8 Å². The molecular weight excluding hydrogens is 535 g/mol. The van der Waals surface area contributed by atoms with Gasteiger partial charge in [0.2, 0.25) is 0 Å². The minimum absolute atomic E-state index is 0. The number of hydrogen-bond donors (Lipinski definition) is 0. The molecule has 0 radical (unpaired) electrons. The number of fused-ring (bicyclic) bond motifs is 3. The van der Waals surface area contributed by atoms with E-state index in [1.54, 1.807) is 18.5 Å². The van der Waals surface area contributed by atoms with E-state index in [0.717, 1.165) is 31.5 Å². The number of nitrogens with zero attached hydrogens (tertiary/aromatic N) is 7. The van der Waals surface area contributed by atoms with Gasteiger partial charge in [-0.1, -0.05) is 13.5 Å². The average molecular weight is 578 g/mol. The molecule has 41 heavy (non-hydrogen) atoms. The zero-order valence-electron chi connectivity index (χ0n) is 23.5. The van der Waals surface area contributed by atoms with Crippen molar-refractivity contribution >= 4 is 23.7 Å². The SMILES string of the molecule is C.CC=O.CN(C)c1cnn(C(=O)N2CC3CN(Cc4ccc(N5CC6CC5CN6C)cc4C(F)(F)F)CC3C2)c1. The van der Waals surface area contributed by atoms with E-state index in [9.17, 15) is 18.0 Å². The molecule has 4 aliphatic heterocycles. The number of likely N-dealkylation sites (tertiary alicyclic amines) is 3. The smallest absolute Gasteiger partial charge is 0.375 e. The van der Waals surface area contributed by atoms with Crippen LogP contribution in [0.3, 0.4) is 0 Å². The molecule has 2 aromatic rings. The van der Waals surface area contributed by atoms with Crippen LogP contribution in [0.2, 0.25) is 0 Å². The van der Waals surface area contributed by atoms with Gasteiger partial charge in [-0.15, -0.1) is 0 Å². The van der Waals surface area contributed by atoms with Crippen LogP contribution in [0.15, 0.2) is 30.6 Å². The Morgan fingerprint density at radius 1 is 1.07 bits per heavy atom. The molecule has 0 saturated carbocycles. The summed E-state index contributed by atoms with van der Waals surface area (Å²) in [4.78, 5) is 32.0. The fourth-order valence-corrected chi connectivity index (χ4v) is 6.74. The van der Waals surface area contributed by atoms with E-state index in [4.69, 9.17) is 4.79 Å². The van der Waals surface area contributed by atoms with Gasteiger partial charge in [0.1, 0.15) is 6.29 Å². The second-order valence-electron chi connectivity index (χ2n) is 11.6. The molecule has 4 atom stereocenters. The van der Waals surface area contributed by atoms with Crippen LogP contribution >= 0.6 is 0 Å². The van der Waals surface area contributed by atoms with Gasteiger partial charge in [-0.25, -0.2) is 4.79 Å². The number of amides is 1. The summed E-state index contributed by atoms with van der Waals surface area (Å²) in [6, 6.07) is 5.48. The third kappa shape index (κ3) is 6.23. The largest absolute Gasteiger partial charge is 0.416 e. The Balaban J connectivity index is 0.000000929. The number of aldehydes is 1. The molecule has 1 aromatic heterocycles. The second-order valence-corrected chi connectivity index (χ2v) is 11.6. The van der Waals surface area contributed by atoms with Gasteiger partial charge in [0.05, 0.1) is 23.6 Å². The molecule has 4 aliphatic rings. The minimum atomic E-state index is -4.39. The molecule has 4 unspecified atom stereocenters. The number of hydrogen-bond acceptors (Lipinski definition) is 7. The van der Waals surface area contributed by atoms with Crippen molar-refractivity contribution in [1.82, 2.24) is 24.5 Å². The summed E-state index contributed by atoms with van der Waals surface area (Å²) in [5, 5.41) is 4.19. The van der Waals surface area contributed by atoms with Crippen LogP contribution in [0.4, 0.5) is 29.3 Å². The molecule has 5 heterocycles. The van der Waals surface area contributed by atoms with Crippen LogP contribution in [0, 0.1) is 11.8 Å². The maximum Gasteiger partial charge on any atom is 0.416 e. The predicted octanol–water partition coefficient (Wildman–Crippen LogP) is 3.73. The number of anilines is 2. The molecule has 1 amide bonds. The van der Waals surface area contributed by atoms with Crippen LogP contribution in [-0.2, 0) is 17.5 Å². The van der Waals surface area contributed by atoms with Crippen LogP contribution in [-0.4, -0.2) is 109 Å². The van der Waals surface area contributed by atoms with Gasteiger partial charge in [-0.3, -0.25) is 9.80 Å². The molecule has 0 spiro atoms. The maximum atomic E-state index is 14.1. The van der Waals surface area contributed by atoms with E-state index in [1.807, 2.05) is 30.0 Å². The standard InChI is InChI=1S/C26H34F3N7O.C2H4O.CH4/c1-31(2)23-8-30-36(16-23)25(37)34-12-18-10-33(11-19(18)13-34)9-17-4-5-20(7-24(17)26(27,28)29)35-15-21-6-22(35)14-32(21)3;1-2-3;/h4-5,7-8,16,18-19,21-22H,6,9-15H2,1-3H3;2H,1H3;1H4. The molecule has 4 fully saturated rings. The molecule has 6 rings (SSSR count). The molecule has 0 aliphatic carbocycles. The number of carbonyl (C=O) groups is 2. The van der Waals surface area contributed by atoms with Crippen LogP contribution in [0.1, 0.15) is 31.9 Å². The minimum Gasteiger partial charge on any atom is -0.375 e. The van der Waals surface area contributed by atoms with Crippen molar-refractivity contribution in [3.05, 3.63) is 41.7 Å². The third-order valence-electron chi connectivity index (χ3n) is 8.75. The van der Waals surface area contributed by atoms with E-state index >= 15 is 0 Å². The highest BCUT2D eigenvalue weighted by Gasteiger charge is 2.44. The highest BCUT2D eigenvalue weighted by molar-refractivity contribution is 5.77. The first-order valence-corrected chi connectivity index (χ1v) is 13.8. The Bertz CT molecular complexity index is 1220. The summed E-state index contributed by atoms with van der Waals surface area (Å²) < 4.78 is 43.7. The lowest BCUT2D eigenvalue weighted by Crippen LogP contribution is -2.44. The average Bonchev–Trinajstić information content (AvgIpc) is 3.69. The highest BCUT2D eigenvalue weighted by Crippen LogP contribution is 2.40. The summed E-state index contributed by atoms with van der Waals surface area (Å²) in [5.41, 5.74) is 1.35. The quantitative estimate of drug-likeness (QED) is 0.513. The Labute approximate surface area is 240 Å². The van der Waals surface area contributed by atoms with E-state index in [-0.39, 0.29) is 31.8 Å². The molecule has 9 nitrogen and oxygen atoms in total. The van der Waals surface area contributed by atoms with Crippen molar-refractivity contribution in [2.75, 3.05) is 70.2 Å². The van der Waals surface area contributed by atoms with Gasteiger partial charge in [0, 0.05) is 77.7 Å². The molecule has 226 valence electrons. The molecule has 2 bridgehead atoms. The Morgan fingerprint density at radius 3 is 2.24 bits per heavy atom. The first-order valence-electron chi connectivity index (χ1n) is 13.8. The Morgan fingerprint density at radius 2 is 1.73 bits per heavy atom. The van der Waals surface area contributed by atoms with Crippen molar-refractivity contribution in [3.8, 4) is 0 Å². The van der Waals surface area contributed by atoms with Crippen molar-refractivity contribution < 1.29 is 22.8 Å². The summed E-state index contributed by atoms with van der Waals surface area (Å²) in [7, 11) is 5.88. The fourth-order valence-electron chi connectivity index (χ4n) is 6.74. The zero-order valence-corrected chi connectivity index (χ0v) is 23.5.